The summed E-state index contributed by atoms with van der Waals surface area (Å²) >= 11 is 1.28. The van der Waals surface area contributed by atoms with E-state index in [1.54, 1.807) is 12.3 Å². The van der Waals surface area contributed by atoms with Crippen molar-refractivity contribution in [2.45, 2.75) is 13.5 Å². The van der Waals surface area contributed by atoms with Crippen LogP contribution >= 0.6 is 11.8 Å². The Balaban J connectivity index is 1.94. The van der Waals surface area contributed by atoms with Gasteiger partial charge in [-0.05, 0) is 59.7 Å². The minimum absolute atomic E-state index is 0.0124. The van der Waals surface area contributed by atoms with Gasteiger partial charge in [0.05, 0.1) is 11.5 Å². The number of carbonyl (C=O) groups excluding carboxylic acids is 1. The highest BCUT2D eigenvalue weighted by atomic mass is 32.2. The Morgan fingerprint density at radius 2 is 1.83 bits per heavy atom. The van der Waals surface area contributed by atoms with E-state index in [2.05, 4.69) is 4.98 Å². The zero-order valence-corrected chi connectivity index (χ0v) is 17.7. The van der Waals surface area contributed by atoms with Gasteiger partial charge in [0.15, 0.2) is 17.3 Å². The van der Waals surface area contributed by atoms with Gasteiger partial charge in [-0.2, -0.15) is 0 Å². The molecule has 0 saturated heterocycles. The van der Waals surface area contributed by atoms with Crippen molar-refractivity contribution in [3.63, 3.8) is 0 Å². The largest absolute Gasteiger partial charge is 0.392 e. The Morgan fingerprint density at radius 1 is 1.10 bits per heavy atom. The van der Waals surface area contributed by atoms with Crippen molar-refractivity contribution in [3.8, 4) is 0 Å². The number of para-hydroxylation sites is 1. The number of aliphatic hydroxyl groups is 1. The van der Waals surface area contributed by atoms with E-state index in [4.69, 9.17) is 4.99 Å². The van der Waals surface area contributed by atoms with Crippen molar-refractivity contribution in [1.82, 2.24) is 4.98 Å². The van der Waals surface area contributed by atoms with Crippen molar-refractivity contribution in [2.24, 2.45) is 4.99 Å². The van der Waals surface area contributed by atoms with E-state index in [1.807, 2.05) is 85.6 Å². The monoisotopic (exact) mass is 417 g/mol. The molecule has 6 heteroatoms. The van der Waals surface area contributed by atoms with Crippen molar-refractivity contribution in [3.05, 3.63) is 94.5 Å². The van der Waals surface area contributed by atoms with Gasteiger partial charge in [-0.1, -0.05) is 48.5 Å². The molecule has 3 aromatic rings. The Labute approximate surface area is 180 Å². The number of hydrogen-bond acceptors (Lipinski definition) is 5. The average molecular weight is 418 g/mol. The standard InChI is InChI=1S/C24H23N3O2S/c1-18-8-13-23(25-15-18)26-24(27(2)21-6-4-3-5-7-21)30-22(17-29)14-19-9-11-20(16-28)12-10-19/h3-15,17,28H,16H2,1-2H3/b22-14-,26-24-. The van der Waals surface area contributed by atoms with Gasteiger partial charge in [0.25, 0.3) is 0 Å². The van der Waals surface area contributed by atoms with Crippen LogP contribution in [0.4, 0.5) is 11.5 Å². The third kappa shape index (κ3) is 5.89. The maximum Gasteiger partial charge on any atom is 0.175 e. The number of nitrogens with zero attached hydrogens (tertiary/aromatic N) is 3. The molecular formula is C24H23N3O2S. The first-order valence-corrected chi connectivity index (χ1v) is 10.3. The zero-order chi connectivity index (χ0) is 21.3. The third-order valence-corrected chi connectivity index (χ3v) is 5.33. The first kappa shape index (κ1) is 21.5. The van der Waals surface area contributed by atoms with E-state index >= 15 is 0 Å². The quantitative estimate of drug-likeness (QED) is 0.265. The molecule has 152 valence electrons. The number of thioether (sulfide) groups is 1. The molecule has 0 bridgehead atoms. The minimum Gasteiger partial charge on any atom is -0.392 e. The number of pyridine rings is 1. The molecule has 1 aromatic heterocycles. The molecule has 0 saturated carbocycles. The summed E-state index contributed by atoms with van der Waals surface area (Å²) in [5.74, 6) is 0.573. The smallest absolute Gasteiger partial charge is 0.175 e. The number of allylic oxidation sites excluding steroid dienone is 1. The van der Waals surface area contributed by atoms with Gasteiger partial charge in [-0.3, -0.25) is 4.79 Å². The lowest BCUT2D eigenvalue weighted by atomic mass is 10.1. The molecule has 0 aliphatic carbocycles. The first-order chi connectivity index (χ1) is 14.6. The molecule has 2 aromatic carbocycles. The fraction of sp³-hybridized carbons (Fsp3) is 0.125. The van der Waals surface area contributed by atoms with Crippen molar-refractivity contribution in [2.75, 3.05) is 11.9 Å². The number of carbonyl (C=O) groups is 1. The fourth-order valence-electron chi connectivity index (χ4n) is 2.63. The van der Waals surface area contributed by atoms with Crippen LogP contribution in [0.3, 0.4) is 0 Å². The van der Waals surface area contributed by atoms with Gasteiger partial charge in [0.2, 0.25) is 0 Å². The van der Waals surface area contributed by atoms with E-state index in [0.717, 1.165) is 28.7 Å². The number of benzene rings is 2. The van der Waals surface area contributed by atoms with E-state index in [0.29, 0.717) is 15.9 Å². The zero-order valence-electron chi connectivity index (χ0n) is 16.9. The van der Waals surface area contributed by atoms with Crippen molar-refractivity contribution < 1.29 is 9.90 Å². The number of aliphatic hydroxyl groups excluding tert-OH is 1. The van der Waals surface area contributed by atoms with Crippen LogP contribution in [0.2, 0.25) is 0 Å². The molecule has 1 N–H and O–H groups in total. The maximum atomic E-state index is 11.8. The summed E-state index contributed by atoms with van der Waals surface area (Å²) in [5.41, 5.74) is 3.70. The molecule has 0 radical (unpaired) electrons. The number of amidine groups is 1. The summed E-state index contributed by atoms with van der Waals surface area (Å²) in [5, 5.41) is 9.83. The highest BCUT2D eigenvalue weighted by molar-refractivity contribution is 8.18. The normalized spacial score (nSPS) is 12.0. The van der Waals surface area contributed by atoms with Crippen LogP contribution in [0, 0.1) is 6.92 Å². The number of aliphatic imine (C=N–C) groups is 1. The van der Waals surface area contributed by atoms with Crippen LogP contribution in [0.5, 0.6) is 0 Å². The summed E-state index contributed by atoms with van der Waals surface area (Å²) < 4.78 is 0. The van der Waals surface area contributed by atoms with Gasteiger partial charge in [0.1, 0.15) is 0 Å². The summed E-state index contributed by atoms with van der Waals surface area (Å²) in [6, 6.07) is 21.0. The lowest BCUT2D eigenvalue weighted by Crippen LogP contribution is -2.23. The Hall–Kier alpha value is -3.22. The molecular weight excluding hydrogens is 394 g/mol. The molecule has 30 heavy (non-hydrogen) atoms. The summed E-state index contributed by atoms with van der Waals surface area (Å²) in [7, 11) is 1.91. The molecule has 3 rings (SSSR count). The van der Waals surface area contributed by atoms with E-state index < -0.39 is 0 Å². The molecule has 0 fully saturated rings. The van der Waals surface area contributed by atoms with Gasteiger partial charge in [0, 0.05) is 18.9 Å². The second-order valence-corrected chi connectivity index (χ2v) is 7.69. The van der Waals surface area contributed by atoms with Crippen molar-refractivity contribution >= 4 is 40.8 Å². The molecule has 0 spiro atoms. The van der Waals surface area contributed by atoms with E-state index in [1.165, 1.54) is 11.8 Å². The lowest BCUT2D eigenvalue weighted by molar-refractivity contribution is -0.104. The van der Waals surface area contributed by atoms with Crippen LogP contribution in [0.15, 0.2) is 82.8 Å². The van der Waals surface area contributed by atoms with Crippen LogP contribution in [-0.4, -0.2) is 28.6 Å². The number of hydrogen-bond donors (Lipinski definition) is 1. The third-order valence-electron chi connectivity index (χ3n) is 4.33. The molecule has 5 nitrogen and oxygen atoms in total. The number of anilines is 1. The average Bonchev–Trinajstić information content (AvgIpc) is 2.80. The van der Waals surface area contributed by atoms with Gasteiger partial charge >= 0.3 is 0 Å². The number of aromatic nitrogens is 1. The Kier molecular flexibility index (Phi) is 7.54. The van der Waals surface area contributed by atoms with E-state index in [-0.39, 0.29) is 6.61 Å². The summed E-state index contributed by atoms with van der Waals surface area (Å²) in [6.45, 7) is 1.96. The van der Waals surface area contributed by atoms with Crippen LogP contribution in [0.1, 0.15) is 16.7 Å². The maximum absolute atomic E-state index is 11.8. The predicted molar refractivity (Wildman–Crippen MR) is 125 cm³/mol. The van der Waals surface area contributed by atoms with E-state index in [9.17, 15) is 9.90 Å². The summed E-state index contributed by atoms with van der Waals surface area (Å²) in [4.78, 5) is 23.3. The highest BCUT2D eigenvalue weighted by Gasteiger charge is 2.13. The summed E-state index contributed by atoms with van der Waals surface area (Å²) in [6.07, 6.45) is 4.39. The topological polar surface area (TPSA) is 65.8 Å². The Morgan fingerprint density at radius 3 is 2.43 bits per heavy atom. The molecule has 0 aliphatic heterocycles. The molecule has 0 aliphatic rings. The predicted octanol–water partition coefficient (Wildman–Crippen LogP) is 4.98. The number of aldehydes is 1. The molecule has 0 amide bonds. The van der Waals surface area contributed by atoms with Crippen LogP contribution in [-0.2, 0) is 11.4 Å². The molecule has 0 atom stereocenters. The van der Waals surface area contributed by atoms with Gasteiger partial charge in [-0.15, -0.1) is 0 Å². The van der Waals surface area contributed by atoms with Crippen molar-refractivity contribution in [1.29, 1.82) is 0 Å². The van der Waals surface area contributed by atoms with Crippen LogP contribution in [0.25, 0.3) is 6.08 Å². The molecule has 0 unspecified atom stereocenters. The SMILES string of the molecule is Cc1ccc(/N=C(\S/C(C=O)=C\c2ccc(CO)cc2)N(C)c2ccccc2)nc1. The second kappa shape index (κ2) is 10.5. The molecule has 1 heterocycles. The first-order valence-electron chi connectivity index (χ1n) is 9.43. The van der Waals surface area contributed by atoms with Crippen LogP contribution < -0.4 is 4.90 Å². The van der Waals surface area contributed by atoms with Gasteiger partial charge < -0.3 is 10.0 Å². The minimum atomic E-state index is -0.0124. The Bertz CT molecular complexity index is 1030. The highest BCUT2D eigenvalue weighted by Crippen LogP contribution is 2.26. The second-order valence-electron chi connectivity index (χ2n) is 6.65. The number of rotatable bonds is 6. The fourth-order valence-corrected chi connectivity index (χ4v) is 3.46. The van der Waals surface area contributed by atoms with Gasteiger partial charge in [-0.25, -0.2) is 9.98 Å². The number of aryl methyl sites for hydroxylation is 1. The lowest BCUT2D eigenvalue weighted by Gasteiger charge is -2.20.